The highest BCUT2D eigenvalue weighted by molar-refractivity contribution is 9.11. The van der Waals surface area contributed by atoms with Crippen LogP contribution in [-0.2, 0) is 14.9 Å². The van der Waals surface area contributed by atoms with Crippen LogP contribution in [0.15, 0.2) is 16.4 Å². The molecule has 19 heavy (non-hydrogen) atoms. The van der Waals surface area contributed by atoms with Gasteiger partial charge in [0.1, 0.15) is 0 Å². The molecule has 1 aromatic heterocycles. The lowest BCUT2D eigenvalue weighted by Crippen LogP contribution is -2.38. The first kappa shape index (κ1) is 14.8. The maximum Gasteiger partial charge on any atom is 0.316 e. The average Bonchev–Trinajstić information content (AvgIpc) is 2.81. The van der Waals surface area contributed by atoms with E-state index in [1.165, 1.54) is 13.5 Å². The van der Waals surface area contributed by atoms with Crippen molar-refractivity contribution in [1.29, 1.82) is 0 Å². The molecule has 0 spiro atoms. The fraction of sp³-hybridized carbons (Fsp3) is 0.533. The Labute approximate surface area is 127 Å². The number of rotatable bonds is 3. The molecule has 2 nitrogen and oxygen atoms in total. The van der Waals surface area contributed by atoms with Gasteiger partial charge in [-0.05, 0) is 52.9 Å². The summed E-state index contributed by atoms with van der Waals surface area (Å²) in [5.41, 5.74) is 1.66. The first-order chi connectivity index (χ1) is 9.01. The fourth-order valence-corrected chi connectivity index (χ4v) is 4.76. The van der Waals surface area contributed by atoms with Crippen LogP contribution in [0.3, 0.4) is 0 Å². The minimum absolute atomic E-state index is 0.0982. The van der Waals surface area contributed by atoms with Crippen molar-refractivity contribution in [2.45, 2.75) is 44.4 Å². The van der Waals surface area contributed by atoms with Crippen LogP contribution in [0.4, 0.5) is 0 Å². The van der Waals surface area contributed by atoms with E-state index >= 15 is 0 Å². The molecule has 0 bridgehead atoms. The molecule has 0 radical (unpaired) electrons. The van der Waals surface area contributed by atoms with Crippen molar-refractivity contribution in [2.75, 3.05) is 7.11 Å². The Morgan fingerprint density at radius 3 is 2.53 bits per heavy atom. The van der Waals surface area contributed by atoms with E-state index in [4.69, 9.17) is 4.74 Å². The van der Waals surface area contributed by atoms with Crippen molar-refractivity contribution in [3.63, 3.8) is 0 Å². The molecule has 4 heteroatoms. The molecule has 104 valence electrons. The van der Waals surface area contributed by atoms with E-state index in [1.54, 1.807) is 11.3 Å². The molecule has 0 aromatic carbocycles. The maximum atomic E-state index is 12.4. The SMILES string of the molecule is C=C(C)c1cc(C2(C(=O)OC)CCCCC2)c(Br)s1. The van der Waals surface area contributed by atoms with Crippen molar-refractivity contribution < 1.29 is 9.53 Å². The summed E-state index contributed by atoms with van der Waals surface area (Å²) in [4.78, 5) is 13.5. The molecule has 2 rings (SSSR count). The molecule has 1 saturated carbocycles. The summed E-state index contributed by atoms with van der Waals surface area (Å²) in [6.07, 6.45) is 5.13. The van der Waals surface area contributed by atoms with E-state index in [0.717, 1.165) is 45.5 Å². The van der Waals surface area contributed by atoms with Crippen LogP contribution in [0.25, 0.3) is 5.57 Å². The minimum Gasteiger partial charge on any atom is -0.468 e. The number of thiophene rings is 1. The molecule has 1 aromatic rings. The number of carbonyl (C=O) groups excluding carboxylic acids is 1. The van der Waals surface area contributed by atoms with Crippen molar-refractivity contribution in [2.24, 2.45) is 0 Å². The molecule has 0 N–H and O–H groups in total. The van der Waals surface area contributed by atoms with E-state index in [1.807, 2.05) is 6.92 Å². The highest BCUT2D eigenvalue weighted by Crippen LogP contribution is 2.47. The van der Waals surface area contributed by atoms with Gasteiger partial charge < -0.3 is 4.74 Å². The third-order valence-electron chi connectivity index (χ3n) is 3.91. The number of hydrogen-bond acceptors (Lipinski definition) is 3. The zero-order chi connectivity index (χ0) is 14.0. The Morgan fingerprint density at radius 1 is 1.42 bits per heavy atom. The van der Waals surface area contributed by atoms with Gasteiger partial charge in [-0.15, -0.1) is 11.3 Å². The van der Waals surface area contributed by atoms with E-state index in [0.29, 0.717) is 0 Å². The van der Waals surface area contributed by atoms with Gasteiger partial charge in [0.25, 0.3) is 0 Å². The number of esters is 1. The zero-order valence-electron chi connectivity index (χ0n) is 11.4. The average molecular weight is 343 g/mol. The molecule has 0 amide bonds. The Hall–Kier alpha value is -0.610. The second-order valence-electron chi connectivity index (χ2n) is 5.21. The lowest BCUT2D eigenvalue weighted by Gasteiger charge is -2.34. The topological polar surface area (TPSA) is 26.3 Å². The van der Waals surface area contributed by atoms with E-state index in [2.05, 4.69) is 28.6 Å². The third-order valence-corrected chi connectivity index (χ3v) is 5.90. The van der Waals surface area contributed by atoms with Gasteiger partial charge in [-0.3, -0.25) is 4.79 Å². The quantitative estimate of drug-likeness (QED) is 0.728. The van der Waals surface area contributed by atoms with Gasteiger partial charge in [0.15, 0.2) is 0 Å². The second-order valence-corrected chi connectivity index (χ2v) is 7.58. The smallest absolute Gasteiger partial charge is 0.316 e. The van der Waals surface area contributed by atoms with Gasteiger partial charge in [-0.25, -0.2) is 0 Å². The first-order valence-electron chi connectivity index (χ1n) is 6.55. The van der Waals surface area contributed by atoms with E-state index < -0.39 is 5.41 Å². The highest BCUT2D eigenvalue weighted by atomic mass is 79.9. The summed E-state index contributed by atoms with van der Waals surface area (Å²) in [5, 5.41) is 0. The van der Waals surface area contributed by atoms with Crippen molar-refractivity contribution in [3.05, 3.63) is 26.9 Å². The molecule has 0 atom stereocenters. The number of hydrogen-bond donors (Lipinski definition) is 0. The Morgan fingerprint density at radius 2 is 2.05 bits per heavy atom. The molecule has 0 aliphatic heterocycles. The number of allylic oxidation sites excluding steroid dienone is 1. The fourth-order valence-electron chi connectivity index (χ4n) is 2.84. The van der Waals surface area contributed by atoms with Crippen LogP contribution in [0.1, 0.15) is 49.5 Å². The van der Waals surface area contributed by atoms with Crippen molar-refractivity contribution in [3.8, 4) is 0 Å². The van der Waals surface area contributed by atoms with Gasteiger partial charge in [0.2, 0.25) is 0 Å². The third kappa shape index (κ3) is 2.65. The molecular weight excluding hydrogens is 324 g/mol. The number of ether oxygens (including phenoxy) is 1. The first-order valence-corrected chi connectivity index (χ1v) is 8.16. The molecule has 0 unspecified atom stereocenters. The molecule has 1 aliphatic rings. The van der Waals surface area contributed by atoms with Crippen LogP contribution < -0.4 is 0 Å². The summed E-state index contributed by atoms with van der Waals surface area (Å²) in [6.45, 7) is 5.98. The molecule has 1 aliphatic carbocycles. The number of carbonyl (C=O) groups is 1. The summed E-state index contributed by atoms with van der Waals surface area (Å²) >= 11 is 5.28. The lowest BCUT2D eigenvalue weighted by atomic mass is 9.70. The summed E-state index contributed by atoms with van der Waals surface area (Å²) in [6, 6.07) is 2.11. The summed E-state index contributed by atoms with van der Waals surface area (Å²) in [5.74, 6) is -0.0982. The van der Waals surface area contributed by atoms with Crippen LogP contribution in [0.5, 0.6) is 0 Å². The maximum absolute atomic E-state index is 12.4. The molecule has 1 heterocycles. The van der Waals surface area contributed by atoms with Gasteiger partial charge in [0, 0.05) is 4.88 Å². The largest absolute Gasteiger partial charge is 0.468 e. The van der Waals surface area contributed by atoms with Gasteiger partial charge in [-0.1, -0.05) is 25.8 Å². The Balaban J connectivity index is 2.49. The second kappa shape index (κ2) is 5.80. The predicted molar refractivity (Wildman–Crippen MR) is 83.5 cm³/mol. The predicted octanol–water partition coefficient (Wildman–Crippen LogP) is 4.92. The molecular formula is C15H19BrO2S. The van der Waals surface area contributed by atoms with Crippen LogP contribution in [0, 0.1) is 0 Å². The zero-order valence-corrected chi connectivity index (χ0v) is 13.8. The molecule has 0 saturated heterocycles. The van der Waals surface area contributed by atoms with Crippen molar-refractivity contribution >= 4 is 38.8 Å². The monoisotopic (exact) mass is 342 g/mol. The molecule has 1 fully saturated rings. The number of halogens is 1. The van der Waals surface area contributed by atoms with E-state index in [9.17, 15) is 4.79 Å². The normalized spacial score (nSPS) is 18.1. The Bertz CT molecular complexity index is 498. The van der Waals surface area contributed by atoms with Gasteiger partial charge in [-0.2, -0.15) is 0 Å². The minimum atomic E-state index is -0.462. The number of methoxy groups -OCH3 is 1. The van der Waals surface area contributed by atoms with Crippen LogP contribution in [0.2, 0.25) is 0 Å². The summed E-state index contributed by atoms with van der Waals surface area (Å²) in [7, 11) is 1.48. The highest BCUT2D eigenvalue weighted by Gasteiger charge is 2.44. The Kier molecular flexibility index (Phi) is 4.51. The summed E-state index contributed by atoms with van der Waals surface area (Å²) < 4.78 is 6.13. The van der Waals surface area contributed by atoms with Crippen LogP contribution >= 0.6 is 27.3 Å². The lowest BCUT2D eigenvalue weighted by molar-refractivity contribution is -0.149. The van der Waals surface area contributed by atoms with E-state index in [-0.39, 0.29) is 5.97 Å². The van der Waals surface area contributed by atoms with Crippen LogP contribution in [-0.4, -0.2) is 13.1 Å². The van der Waals surface area contributed by atoms with Crippen molar-refractivity contribution in [1.82, 2.24) is 0 Å². The van der Waals surface area contributed by atoms with Gasteiger partial charge in [0.05, 0.1) is 16.3 Å². The van der Waals surface area contributed by atoms with Gasteiger partial charge >= 0.3 is 5.97 Å². The standard InChI is InChI=1S/C15H19BrO2S/c1-10(2)12-9-11(13(16)19-12)15(14(17)18-3)7-5-4-6-8-15/h9H,1,4-8H2,2-3H3.